The number of hydrogen-bond donors (Lipinski definition) is 2. The first kappa shape index (κ1) is 23.2. The Morgan fingerprint density at radius 1 is 1.20 bits per heavy atom. The minimum Gasteiger partial charge on any atom is -0.366 e. The van der Waals surface area contributed by atoms with E-state index in [1.165, 1.54) is 24.1 Å². The molecule has 0 aromatic heterocycles. The van der Waals surface area contributed by atoms with Crippen LogP contribution in [0.25, 0.3) is 0 Å². The number of carbonyl (C=O) groups is 1. The highest BCUT2D eigenvalue weighted by atomic mass is 127. The summed E-state index contributed by atoms with van der Waals surface area (Å²) in [4.78, 5) is 21.6. The van der Waals surface area contributed by atoms with Crippen LogP contribution in [0.3, 0.4) is 0 Å². The smallest absolute Gasteiger partial charge is 0.225 e. The number of benzene rings is 1. The number of para-hydroxylation sites is 1. The summed E-state index contributed by atoms with van der Waals surface area (Å²) < 4.78 is 0. The highest BCUT2D eigenvalue weighted by Gasteiger charge is 2.32. The van der Waals surface area contributed by atoms with Gasteiger partial charge in [-0.25, -0.2) is 0 Å². The van der Waals surface area contributed by atoms with Crippen LogP contribution in [-0.2, 0) is 11.2 Å². The van der Waals surface area contributed by atoms with Crippen molar-refractivity contribution in [2.24, 2.45) is 10.9 Å². The van der Waals surface area contributed by atoms with Crippen LogP contribution in [0.4, 0.5) is 5.69 Å². The number of halogens is 1. The minimum atomic E-state index is 0. The number of fused-ring (bicyclic) bond motifs is 1. The lowest BCUT2D eigenvalue weighted by atomic mass is 10.1. The van der Waals surface area contributed by atoms with E-state index in [9.17, 15) is 4.79 Å². The SMILES string of the molecule is CN=C(NCC(C)N1CCc2ccccc21)NC1CCN(C(=O)C2CCCC2)C1.I. The zero-order valence-electron chi connectivity index (χ0n) is 18.3. The Bertz CT molecular complexity index is 749. The molecule has 0 spiro atoms. The Morgan fingerprint density at radius 2 is 1.97 bits per heavy atom. The first-order valence-electron chi connectivity index (χ1n) is 11.3. The minimum absolute atomic E-state index is 0. The van der Waals surface area contributed by atoms with Gasteiger partial charge in [-0.1, -0.05) is 31.0 Å². The van der Waals surface area contributed by atoms with Gasteiger partial charge in [0.2, 0.25) is 5.91 Å². The molecule has 7 heteroatoms. The molecule has 1 aromatic rings. The molecule has 1 amide bonds. The second-order valence-electron chi connectivity index (χ2n) is 8.77. The summed E-state index contributed by atoms with van der Waals surface area (Å²) in [5.74, 6) is 1.48. The average Bonchev–Trinajstić information content (AvgIpc) is 3.50. The van der Waals surface area contributed by atoms with Crippen LogP contribution in [0.15, 0.2) is 29.3 Å². The van der Waals surface area contributed by atoms with E-state index in [-0.39, 0.29) is 35.9 Å². The molecule has 2 aliphatic heterocycles. The lowest BCUT2D eigenvalue weighted by molar-refractivity contribution is -0.134. The third kappa shape index (κ3) is 5.21. The maximum absolute atomic E-state index is 12.7. The standard InChI is InChI=1S/C23H35N5O.HI/c1-17(28-14-11-18-7-5-6-10-21(18)28)15-25-23(24-2)26-20-12-13-27(16-20)22(29)19-8-3-4-9-19;/h5-7,10,17,19-20H,3-4,8-9,11-16H2,1-2H3,(H2,24,25,26);1H. The number of likely N-dealkylation sites (tertiary alicyclic amines) is 1. The number of hydrogen-bond acceptors (Lipinski definition) is 3. The Hall–Kier alpha value is -1.51. The van der Waals surface area contributed by atoms with E-state index in [2.05, 4.69) is 56.6 Å². The summed E-state index contributed by atoms with van der Waals surface area (Å²) in [5.41, 5.74) is 2.81. The molecule has 166 valence electrons. The van der Waals surface area contributed by atoms with E-state index in [1.807, 2.05) is 7.05 Å². The van der Waals surface area contributed by atoms with Crippen molar-refractivity contribution in [1.82, 2.24) is 15.5 Å². The first-order valence-corrected chi connectivity index (χ1v) is 11.3. The molecular weight excluding hydrogens is 489 g/mol. The maximum Gasteiger partial charge on any atom is 0.225 e. The van der Waals surface area contributed by atoms with Gasteiger partial charge in [0.1, 0.15) is 0 Å². The predicted octanol–water partition coefficient (Wildman–Crippen LogP) is 3.01. The van der Waals surface area contributed by atoms with Crippen LogP contribution in [0.5, 0.6) is 0 Å². The summed E-state index contributed by atoms with van der Waals surface area (Å²) in [5, 5.41) is 7.03. The fourth-order valence-corrected chi connectivity index (χ4v) is 5.07. The predicted molar refractivity (Wildman–Crippen MR) is 134 cm³/mol. The van der Waals surface area contributed by atoms with E-state index >= 15 is 0 Å². The van der Waals surface area contributed by atoms with Gasteiger partial charge in [0, 0.05) is 56.9 Å². The van der Waals surface area contributed by atoms with E-state index in [1.54, 1.807) is 0 Å². The van der Waals surface area contributed by atoms with Gasteiger partial charge in [-0.05, 0) is 44.2 Å². The Labute approximate surface area is 197 Å². The molecule has 1 aromatic carbocycles. The van der Waals surface area contributed by atoms with Crippen molar-refractivity contribution in [3.63, 3.8) is 0 Å². The van der Waals surface area contributed by atoms with Crippen LogP contribution < -0.4 is 15.5 Å². The summed E-state index contributed by atoms with van der Waals surface area (Å²) in [6, 6.07) is 9.38. The van der Waals surface area contributed by atoms with Crippen LogP contribution >= 0.6 is 24.0 Å². The molecule has 6 nitrogen and oxygen atoms in total. The summed E-state index contributed by atoms with van der Waals surface area (Å²) >= 11 is 0. The number of amides is 1. The molecule has 2 atom stereocenters. The van der Waals surface area contributed by atoms with Crippen molar-refractivity contribution in [3.05, 3.63) is 29.8 Å². The van der Waals surface area contributed by atoms with Gasteiger partial charge in [-0.2, -0.15) is 0 Å². The molecular formula is C23H36IN5O. The quantitative estimate of drug-likeness (QED) is 0.353. The number of carbonyl (C=O) groups excluding carboxylic acids is 1. The Kier molecular flexibility index (Phi) is 8.25. The van der Waals surface area contributed by atoms with Crippen molar-refractivity contribution in [1.29, 1.82) is 0 Å². The van der Waals surface area contributed by atoms with E-state index in [0.717, 1.165) is 57.8 Å². The van der Waals surface area contributed by atoms with E-state index in [0.29, 0.717) is 11.9 Å². The van der Waals surface area contributed by atoms with Gasteiger partial charge in [0.25, 0.3) is 0 Å². The fraction of sp³-hybridized carbons (Fsp3) is 0.652. The van der Waals surface area contributed by atoms with Crippen LogP contribution in [0.2, 0.25) is 0 Å². The Balaban J connectivity index is 0.00000256. The molecule has 2 unspecified atom stereocenters. The number of nitrogens with zero attached hydrogens (tertiary/aromatic N) is 3. The van der Waals surface area contributed by atoms with Crippen molar-refractivity contribution >= 4 is 41.5 Å². The summed E-state index contributed by atoms with van der Waals surface area (Å²) in [6.45, 7) is 5.84. The Morgan fingerprint density at radius 3 is 2.73 bits per heavy atom. The molecule has 1 saturated heterocycles. The molecule has 2 fully saturated rings. The summed E-state index contributed by atoms with van der Waals surface area (Å²) in [7, 11) is 1.82. The van der Waals surface area contributed by atoms with Crippen LogP contribution in [0.1, 0.15) is 44.6 Å². The highest BCUT2D eigenvalue weighted by molar-refractivity contribution is 14.0. The molecule has 1 aliphatic carbocycles. The number of nitrogens with one attached hydrogen (secondary N) is 2. The molecule has 30 heavy (non-hydrogen) atoms. The lowest BCUT2D eigenvalue weighted by Crippen LogP contribution is -2.49. The molecule has 2 N–H and O–H groups in total. The zero-order chi connectivity index (χ0) is 20.2. The van der Waals surface area contributed by atoms with E-state index in [4.69, 9.17) is 0 Å². The highest BCUT2D eigenvalue weighted by Crippen LogP contribution is 2.29. The number of aliphatic imine (C=N–C) groups is 1. The van der Waals surface area contributed by atoms with Crippen molar-refractivity contribution in [2.75, 3.05) is 38.1 Å². The largest absolute Gasteiger partial charge is 0.366 e. The average molecular weight is 525 g/mol. The monoisotopic (exact) mass is 525 g/mol. The van der Waals surface area contributed by atoms with Gasteiger partial charge in [0.05, 0.1) is 0 Å². The van der Waals surface area contributed by atoms with Gasteiger partial charge < -0.3 is 20.4 Å². The molecule has 2 heterocycles. The zero-order valence-corrected chi connectivity index (χ0v) is 20.6. The molecule has 0 bridgehead atoms. The van der Waals surface area contributed by atoms with Gasteiger partial charge in [-0.3, -0.25) is 9.79 Å². The van der Waals surface area contributed by atoms with Gasteiger partial charge in [0.15, 0.2) is 5.96 Å². The van der Waals surface area contributed by atoms with Crippen molar-refractivity contribution in [3.8, 4) is 0 Å². The molecule has 1 saturated carbocycles. The lowest BCUT2D eigenvalue weighted by Gasteiger charge is -2.28. The molecule has 3 aliphatic rings. The van der Waals surface area contributed by atoms with Gasteiger partial charge in [-0.15, -0.1) is 24.0 Å². The molecule has 4 rings (SSSR count). The maximum atomic E-state index is 12.7. The second-order valence-corrected chi connectivity index (χ2v) is 8.77. The van der Waals surface area contributed by atoms with E-state index < -0.39 is 0 Å². The number of rotatable bonds is 5. The molecule has 0 radical (unpaired) electrons. The summed E-state index contributed by atoms with van der Waals surface area (Å²) in [6.07, 6.45) is 6.70. The second kappa shape index (κ2) is 10.7. The third-order valence-electron chi connectivity index (χ3n) is 6.79. The first-order chi connectivity index (χ1) is 14.2. The third-order valence-corrected chi connectivity index (χ3v) is 6.79. The normalized spacial score (nSPS) is 22.6. The van der Waals surface area contributed by atoms with Crippen LogP contribution in [0, 0.1) is 5.92 Å². The number of anilines is 1. The van der Waals surface area contributed by atoms with Gasteiger partial charge >= 0.3 is 0 Å². The number of guanidine groups is 1. The topological polar surface area (TPSA) is 60.0 Å². The fourth-order valence-electron chi connectivity index (χ4n) is 5.07. The van der Waals surface area contributed by atoms with Crippen molar-refractivity contribution < 1.29 is 4.79 Å². The van der Waals surface area contributed by atoms with Crippen LogP contribution in [-0.4, -0.2) is 62.1 Å². The van der Waals surface area contributed by atoms with Crippen molar-refractivity contribution in [2.45, 2.75) is 57.5 Å².